The van der Waals surface area contributed by atoms with E-state index in [9.17, 15) is 4.79 Å². The molecule has 0 aliphatic carbocycles. The van der Waals surface area contributed by atoms with E-state index in [0.717, 1.165) is 58.6 Å². The summed E-state index contributed by atoms with van der Waals surface area (Å²) in [7, 11) is 1.83. The Labute approximate surface area is 137 Å². The van der Waals surface area contributed by atoms with Crippen molar-refractivity contribution in [2.75, 3.05) is 32.9 Å². The van der Waals surface area contributed by atoms with Gasteiger partial charge in [0.2, 0.25) is 0 Å². The lowest BCUT2D eigenvalue weighted by molar-refractivity contribution is -0.0669. The average molecular weight is 321 g/mol. The SMILES string of the molecule is CCOCCC1CCOC12CCN(C(=O)c1ccn(C)n1)CC2. The molecule has 3 heterocycles. The van der Waals surface area contributed by atoms with Crippen molar-refractivity contribution in [3.8, 4) is 0 Å². The second-order valence-corrected chi connectivity index (χ2v) is 6.55. The van der Waals surface area contributed by atoms with Crippen molar-refractivity contribution in [1.82, 2.24) is 14.7 Å². The van der Waals surface area contributed by atoms with Crippen LogP contribution in [0.1, 0.15) is 43.1 Å². The molecular weight excluding hydrogens is 294 g/mol. The van der Waals surface area contributed by atoms with E-state index < -0.39 is 0 Å². The largest absolute Gasteiger partial charge is 0.382 e. The van der Waals surface area contributed by atoms with Crippen LogP contribution < -0.4 is 0 Å². The number of piperidine rings is 1. The minimum absolute atomic E-state index is 0.0318. The van der Waals surface area contributed by atoms with E-state index >= 15 is 0 Å². The molecule has 1 aromatic heterocycles. The Morgan fingerprint density at radius 1 is 1.48 bits per heavy atom. The second-order valence-electron chi connectivity index (χ2n) is 6.55. The fraction of sp³-hybridized carbons (Fsp3) is 0.765. The molecule has 2 saturated heterocycles. The fourth-order valence-electron chi connectivity index (χ4n) is 3.89. The maximum atomic E-state index is 12.5. The van der Waals surface area contributed by atoms with Crippen molar-refractivity contribution < 1.29 is 14.3 Å². The van der Waals surface area contributed by atoms with Crippen LogP contribution in [0.4, 0.5) is 0 Å². The molecule has 0 N–H and O–H groups in total. The lowest BCUT2D eigenvalue weighted by Gasteiger charge is -2.42. The molecule has 0 radical (unpaired) electrons. The van der Waals surface area contributed by atoms with Crippen LogP contribution in [0.3, 0.4) is 0 Å². The highest BCUT2D eigenvalue weighted by Gasteiger charge is 2.46. The Morgan fingerprint density at radius 3 is 2.91 bits per heavy atom. The van der Waals surface area contributed by atoms with E-state index in [1.54, 1.807) is 10.7 Å². The smallest absolute Gasteiger partial charge is 0.274 e. The van der Waals surface area contributed by atoms with Gasteiger partial charge in [0, 0.05) is 46.2 Å². The number of likely N-dealkylation sites (tertiary alicyclic amines) is 1. The molecule has 1 atom stereocenters. The number of amides is 1. The number of rotatable bonds is 5. The summed E-state index contributed by atoms with van der Waals surface area (Å²) in [6, 6.07) is 1.78. The summed E-state index contributed by atoms with van der Waals surface area (Å²) in [5, 5.41) is 4.22. The van der Waals surface area contributed by atoms with Gasteiger partial charge < -0.3 is 14.4 Å². The summed E-state index contributed by atoms with van der Waals surface area (Å²) in [6.07, 6.45) is 5.82. The Bertz CT molecular complexity index is 535. The van der Waals surface area contributed by atoms with E-state index in [2.05, 4.69) is 5.10 Å². The Kier molecular flexibility index (Phi) is 5.02. The molecule has 6 nitrogen and oxygen atoms in total. The molecule has 0 bridgehead atoms. The quantitative estimate of drug-likeness (QED) is 0.777. The van der Waals surface area contributed by atoms with Gasteiger partial charge in [-0.1, -0.05) is 0 Å². The molecule has 0 saturated carbocycles. The lowest BCUT2D eigenvalue weighted by atomic mass is 9.78. The van der Waals surface area contributed by atoms with Gasteiger partial charge in [-0.05, 0) is 44.6 Å². The first-order valence-electron chi connectivity index (χ1n) is 8.65. The molecule has 0 aromatic carbocycles. The summed E-state index contributed by atoms with van der Waals surface area (Å²) in [4.78, 5) is 14.4. The summed E-state index contributed by atoms with van der Waals surface area (Å²) in [5.74, 6) is 0.588. The molecule has 2 fully saturated rings. The number of carbonyl (C=O) groups excluding carboxylic acids is 1. The molecule has 1 spiro atoms. The van der Waals surface area contributed by atoms with E-state index in [-0.39, 0.29) is 11.5 Å². The van der Waals surface area contributed by atoms with Crippen molar-refractivity contribution >= 4 is 5.91 Å². The van der Waals surface area contributed by atoms with Gasteiger partial charge in [-0.3, -0.25) is 9.48 Å². The standard InChI is InChI=1S/C17H27N3O3/c1-3-22-12-5-14-6-13-23-17(14)7-10-20(11-8-17)16(21)15-4-9-19(2)18-15/h4,9,14H,3,5-8,10-13H2,1-2H3. The van der Waals surface area contributed by atoms with Gasteiger partial charge in [0.1, 0.15) is 5.69 Å². The highest BCUT2D eigenvalue weighted by molar-refractivity contribution is 5.92. The van der Waals surface area contributed by atoms with E-state index in [0.29, 0.717) is 11.6 Å². The zero-order chi connectivity index (χ0) is 16.3. The third kappa shape index (κ3) is 3.43. The van der Waals surface area contributed by atoms with Gasteiger partial charge in [-0.2, -0.15) is 5.10 Å². The van der Waals surface area contributed by atoms with Crippen molar-refractivity contribution in [1.29, 1.82) is 0 Å². The normalized spacial score (nSPS) is 23.6. The molecule has 1 aromatic rings. The molecule has 1 unspecified atom stereocenters. The highest BCUT2D eigenvalue weighted by atomic mass is 16.5. The summed E-state index contributed by atoms with van der Waals surface area (Å²) in [5.41, 5.74) is 0.488. The number of nitrogens with zero attached hydrogens (tertiary/aromatic N) is 3. The molecule has 23 heavy (non-hydrogen) atoms. The maximum absolute atomic E-state index is 12.5. The Morgan fingerprint density at radius 2 is 2.26 bits per heavy atom. The number of ether oxygens (including phenoxy) is 2. The first-order valence-corrected chi connectivity index (χ1v) is 8.65. The van der Waals surface area contributed by atoms with Crippen molar-refractivity contribution in [3.05, 3.63) is 18.0 Å². The summed E-state index contributed by atoms with van der Waals surface area (Å²) in [6.45, 7) is 5.95. The first-order chi connectivity index (χ1) is 11.1. The van der Waals surface area contributed by atoms with Gasteiger partial charge in [-0.15, -0.1) is 0 Å². The third-order valence-corrected chi connectivity index (χ3v) is 5.24. The van der Waals surface area contributed by atoms with Crippen LogP contribution in [0, 0.1) is 5.92 Å². The van der Waals surface area contributed by atoms with Crippen LogP contribution in [0.2, 0.25) is 0 Å². The van der Waals surface area contributed by atoms with Gasteiger partial charge in [0.15, 0.2) is 0 Å². The van der Waals surface area contributed by atoms with E-state index in [4.69, 9.17) is 9.47 Å². The lowest BCUT2D eigenvalue weighted by Crippen LogP contribution is -2.49. The molecule has 3 rings (SSSR count). The molecule has 128 valence electrons. The minimum Gasteiger partial charge on any atom is -0.382 e. The van der Waals surface area contributed by atoms with Crippen molar-refractivity contribution in [2.24, 2.45) is 13.0 Å². The molecule has 2 aliphatic rings. The predicted octanol–water partition coefficient (Wildman–Crippen LogP) is 1.86. The third-order valence-electron chi connectivity index (χ3n) is 5.24. The minimum atomic E-state index is -0.0437. The van der Waals surface area contributed by atoms with Crippen LogP contribution in [0.25, 0.3) is 0 Å². The van der Waals surface area contributed by atoms with Gasteiger partial charge >= 0.3 is 0 Å². The number of carbonyl (C=O) groups is 1. The fourth-order valence-corrected chi connectivity index (χ4v) is 3.89. The second kappa shape index (κ2) is 7.01. The highest BCUT2D eigenvalue weighted by Crippen LogP contribution is 2.42. The number of hydrogen-bond donors (Lipinski definition) is 0. The number of aryl methyl sites for hydroxylation is 1. The van der Waals surface area contributed by atoms with Crippen LogP contribution >= 0.6 is 0 Å². The van der Waals surface area contributed by atoms with Gasteiger partial charge in [0.25, 0.3) is 5.91 Å². The molecule has 6 heteroatoms. The Balaban J connectivity index is 1.57. The topological polar surface area (TPSA) is 56.6 Å². The summed E-state index contributed by atoms with van der Waals surface area (Å²) >= 11 is 0. The molecular formula is C17H27N3O3. The maximum Gasteiger partial charge on any atom is 0.274 e. The van der Waals surface area contributed by atoms with Crippen LogP contribution in [0.15, 0.2) is 12.3 Å². The predicted molar refractivity (Wildman–Crippen MR) is 86.2 cm³/mol. The zero-order valence-corrected chi connectivity index (χ0v) is 14.2. The number of aromatic nitrogens is 2. The van der Waals surface area contributed by atoms with Gasteiger partial charge in [-0.25, -0.2) is 0 Å². The van der Waals surface area contributed by atoms with Gasteiger partial charge in [0.05, 0.1) is 5.60 Å². The first kappa shape index (κ1) is 16.5. The monoisotopic (exact) mass is 321 g/mol. The molecule has 1 amide bonds. The average Bonchev–Trinajstić information content (AvgIpc) is 3.15. The van der Waals surface area contributed by atoms with E-state index in [1.165, 1.54) is 0 Å². The zero-order valence-electron chi connectivity index (χ0n) is 14.2. The summed E-state index contributed by atoms with van der Waals surface area (Å²) < 4.78 is 13.3. The van der Waals surface area contributed by atoms with Crippen LogP contribution in [-0.4, -0.2) is 59.1 Å². The number of hydrogen-bond acceptors (Lipinski definition) is 4. The van der Waals surface area contributed by atoms with Crippen LogP contribution in [-0.2, 0) is 16.5 Å². The Hall–Kier alpha value is -1.40. The van der Waals surface area contributed by atoms with E-state index in [1.807, 2.05) is 25.1 Å². The van der Waals surface area contributed by atoms with Crippen molar-refractivity contribution in [2.45, 2.75) is 38.2 Å². The molecule has 2 aliphatic heterocycles. The van der Waals surface area contributed by atoms with Crippen LogP contribution in [0.5, 0.6) is 0 Å². The van der Waals surface area contributed by atoms with Crippen molar-refractivity contribution in [3.63, 3.8) is 0 Å².